The van der Waals surface area contributed by atoms with Crippen molar-refractivity contribution in [1.29, 1.82) is 0 Å². The molecule has 0 amide bonds. The Morgan fingerprint density at radius 3 is 2.56 bits per heavy atom. The van der Waals surface area contributed by atoms with Crippen LogP contribution in [-0.2, 0) is 16.6 Å². The maximum atomic E-state index is 12.3. The number of thiophene rings is 2. The van der Waals surface area contributed by atoms with E-state index in [1.54, 1.807) is 12.1 Å². The van der Waals surface area contributed by atoms with E-state index in [2.05, 4.69) is 4.72 Å². The summed E-state index contributed by atoms with van der Waals surface area (Å²) in [5, 5.41) is 14.1. The molecule has 0 aliphatic heterocycles. The van der Waals surface area contributed by atoms with Crippen molar-refractivity contribution in [2.24, 2.45) is 0 Å². The van der Waals surface area contributed by atoms with Crippen LogP contribution in [0, 0.1) is 0 Å². The Kier molecular flexibility index (Phi) is 5.55. The molecule has 2 N–H and O–H groups in total. The number of aliphatic hydroxyl groups is 1. The van der Waals surface area contributed by atoms with Crippen molar-refractivity contribution in [2.45, 2.75) is 17.5 Å². The lowest BCUT2D eigenvalue weighted by Gasteiger charge is -2.07. The maximum Gasteiger partial charge on any atom is 0.240 e. The van der Waals surface area contributed by atoms with Crippen molar-refractivity contribution < 1.29 is 18.3 Å². The lowest BCUT2D eigenvalue weighted by molar-refractivity contribution is 0.224. The molecular formula is C17H17NO4S3. The Balaban J connectivity index is 1.66. The van der Waals surface area contributed by atoms with Crippen LogP contribution in [-0.4, -0.2) is 20.6 Å². The van der Waals surface area contributed by atoms with Crippen molar-refractivity contribution in [3.8, 4) is 5.75 Å². The Hall–Kier alpha value is -1.71. The second-order valence-electron chi connectivity index (χ2n) is 5.26. The fourth-order valence-corrected chi connectivity index (χ4v) is 4.98. The topological polar surface area (TPSA) is 75.6 Å². The van der Waals surface area contributed by atoms with Gasteiger partial charge in [-0.3, -0.25) is 0 Å². The van der Waals surface area contributed by atoms with Crippen LogP contribution in [0.25, 0.3) is 0 Å². The lowest BCUT2D eigenvalue weighted by Crippen LogP contribution is -2.22. The van der Waals surface area contributed by atoms with E-state index in [-0.39, 0.29) is 11.4 Å². The largest absolute Gasteiger partial charge is 0.497 e. The standard InChI is InChI=1S/C17H17NO4S3/c1-22-13-2-5-15(6-3-13)25(20,21)18-10-14-4-7-16(24-14)17(19)12-8-9-23-11-12/h2-9,11,17-19H,10H2,1H3. The molecule has 1 unspecified atom stereocenters. The minimum absolute atomic E-state index is 0.176. The van der Waals surface area contributed by atoms with Gasteiger partial charge in [-0.25, -0.2) is 13.1 Å². The number of rotatable bonds is 7. The highest BCUT2D eigenvalue weighted by Gasteiger charge is 2.16. The number of sulfonamides is 1. The minimum atomic E-state index is -3.60. The second-order valence-corrected chi connectivity index (χ2v) is 9.01. The molecule has 2 aromatic heterocycles. The zero-order chi connectivity index (χ0) is 17.9. The zero-order valence-corrected chi connectivity index (χ0v) is 15.8. The number of benzene rings is 1. The molecule has 5 nitrogen and oxygen atoms in total. The van der Waals surface area contributed by atoms with Crippen molar-refractivity contribution >= 4 is 32.7 Å². The van der Waals surface area contributed by atoms with Crippen LogP contribution < -0.4 is 9.46 Å². The fourth-order valence-electron chi connectivity index (χ4n) is 2.24. The fraction of sp³-hybridized carbons (Fsp3) is 0.176. The minimum Gasteiger partial charge on any atom is -0.497 e. The average molecular weight is 396 g/mol. The number of aliphatic hydroxyl groups excluding tert-OH is 1. The summed E-state index contributed by atoms with van der Waals surface area (Å²) in [6, 6.07) is 11.7. The molecule has 0 bridgehead atoms. The van der Waals surface area contributed by atoms with Gasteiger partial charge in [0, 0.05) is 16.3 Å². The van der Waals surface area contributed by atoms with Crippen molar-refractivity contribution in [3.05, 3.63) is 68.5 Å². The summed E-state index contributed by atoms with van der Waals surface area (Å²) >= 11 is 2.92. The van der Waals surface area contributed by atoms with Gasteiger partial charge in [-0.1, -0.05) is 0 Å². The van der Waals surface area contributed by atoms with Gasteiger partial charge in [-0.2, -0.15) is 11.3 Å². The van der Waals surface area contributed by atoms with Crippen LogP contribution >= 0.6 is 22.7 Å². The highest BCUT2D eigenvalue weighted by Crippen LogP contribution is 2.29. The van der Waals surface area contributed by atoms with E-state index in [0.717, 1.165) is 15.3 Å². The first-order valence-corrected chi connectivity index (χ1v) is 10.7. The molecule has 0 aliphatic carbocycles. The predicted molar refractivity (Wildman–Crippen MR) is 99.7 cm³/mol. The van der Waals surface area contributed by atoms with E-state index in [1.165, 1.54) is 41.9 Å². The van der Waals surface area contributed by atoms with Crippen LogP contribution in [0.3, 0.4) is 0 Å². The smallest absolute Gasteiger partial charge is 0.240 e. The molecule has 1 atom stereocenters. The molecule has 0 radical (unpaired) electrons. The number of nitrogens with one attached hydrogen (secondary N) is 1. The first-order valence-electron chi connectivity index (χ1n) is 7.42. The van der Waals surface area contributed by atoms with Gasteiger partial charge in [0.1, 0.15) is 11.9 Å². The summed E-state index contributed by atoms with van der Waals surface area (Å²) in [6.45, 7) is 0.176. The monoisotopic (exact) mass is 395 g/mol. The van der Waals surface area contributed by atoms with Crippen LogP contribution in [0.2, 0.25) is 0 Å². The molecular weight excluding hydrogens is 378 g/mol. The molecule has 1 aromatic carbocycles. The van der Waals surface area contributed by atoms with Crippen LogP contribution in [0.5, 0.6) is 5.75 Å². The van der Waals surface area contributed by atoms with Crippen molar-refractivity contribution in [1.82, 2.24) is 4.72 Å². The highest BCUT2D eigenvalue weighted by molar-refractivity contribution is 7.89. The van der Waals surface area contributed by atoms with Gasteiger partial charge in [-0.05, 0) is 58.8 Å². The Bertz CT molecular complexity index is 915. The first-order chi connectivity index (χ1) is 12.0. The van der Waals surface area contributed by atoms with Gasteiger partial charge in [0.2, 0.25) is 10.0 Å². The summed E-state index contributed by atoms with van der Waals surface area (Å²) in [4.78, 5) is 1.81. The van der Waals surface area contributed by atoms with E-state index in [9.17, 15) is 13.5 Å². The molecule has 0 saturated heterocycles. The quantitative estimate of drug-likeness (QED) is 0.643. The first kappa shape index (κ1) is 18.1. The van der Waals surface area contributed by atoms with Crippen molar-refractivity contribution in [3.63, 3.8) is 0 Å². The third-order valence-corrected chi connectivity index (χ3v) is 6.87. The Labute approximate surface area is 154 Å². The summed E-state index contributed by atoms with van der Waals surface area (Å²) in [5.41, 5.74) is 0.845. The molecule has 3 aromatic rings. The third kappa shape index (κ3) is 4.28. The van der Waals surface area contributed by atoms with Gasteiger partial charge >= 0.3 is 0 Å². The Morgan fingerprint density at radius 1 is 1.16 bits per heavy atom. The highest BCUT2D eigenvalue weighted by atomic mass is 32.2. The summed E-state index contributed by atoms with van der Waals surface area (Å²) in [5.74, 6) is 0.601. The maximum absolute atomic E-state index is 12.3. The Morgan fingerprint density at radius 2 is 1.92 bits per heavy atom. The third-order valence-electron chi connectivity index (χ3n) is 3.62. The van der Waals surface area contributed by atoms with Crippen LogP contribution in [0.4, 0.5) is 0 Å². The number of hydrogen-bond donors (Lipinski definition) is 2. The van der Waals surface area contributed by atoms with Crippen molar-refractivity contribution in [2.75, 3.05) is 7.11 Å². The van der Waals surface area contributed by atoms with Gasteiger partial charge in [-0.15, -0.1) is 11.3 Å². The number of methoxy groups -OCH3 is 1. The normalized spacial score (nSPS) is 12.9. The molecule has 0 aliphatic rings. The molecule has 0 saturated carbocycles. The SMILES string of the molecule is COc1ccc(S(=O)(=O)NCc2ccc(C(O)c3ccsc3)s2)cc1. The molecule has 132 valence electrons. The van der Waals surface area contributed by atoms with Crippen LogP contribution in [0.1, 0.15) is 21.4 Å². The molecule has 0 spiro atoms. The summed E-state index contributed by atoms with van der Waals surface area (Å²) in [7, 11) is -2.07. The molecule has 0 fully saturated rings. The average Bonchev–Trinajstić information content (AvgIpc) is 3.31. The van der Waals surface area contributed by atoms with E-state index in [1.807, 2.05) is 29.0 Å². The molecule has 3 rings (SSSR count). The van der Waals surface area contributed by atoms with E-state index < -0.39 is 16.1 Å². The van der Waals surface area contributed by atoms with E-state index in [0.29, 0.717) is 5.75 Å². The molecule has 8 heteroatoms. The number of hydrogen-bond acceptors (Lipinski definition) is 6. The van der Waals surface area contributed by atoms with Crippen LogP contribution in [0.15, 0.2) is 58.1 Å². The van der Waals surface area contributed by atoms with Gasteiger partial charge in [0.15, 0.2) is 0 Å². The molecule has 25 heavy (non-hydrogen) atoms. The lowest BCUT2D eigenvalue weighted by atomic mass is 10.2. The van der Waals surface area contributed by atoms with Gasteiger partial charge < -0.3 is 9.84 Å². The summed E-state index contributed by atoms with van der Waals surface area (Å²) in [6.07, 6.45) is -0.678. The number of ether oxygens (including phenoxy) is 1. The van der Waals surface area contributed by atoms with Gasteiger partial charge in [0.25, 0.3) is 0 Å². The van der Waals surface area contributed by atoms with E-state index in [4.69, 9.17) is 4.74 Å². The summed E-state index contributed by atoms with van der Waals surface area (Å²) < 4.78 is 32.3. The predicted octanol–water partition coefficient (Wildman–Crippen LogP) is 3.38. The van der Waals surface area contributed by atoms with Gasteiger partial charge in [0.05, 0.1) is 12.0 Å². The van der Waals surface area contributed by atoms with E-state index >= 15 is 0 Å². The molecule has 2 heterocycles. The second kappa shape index (κ2) is 7.67. The zero-order valence-electron chi connectivity index (χ0n) is 13.4.